The van der Waals surface area contributed by atoms with Crippen molar-refractivity contribution >= 4 is 34.9 Å². The first kappa shape index (κ1) is 21.2. The second kappa shape index (κ2) is 9.77. The van der Waals surface area contributed by atoms with Crippen molar-refractivity contribution in [3.05, 3.63) is 99.3 Å². The normalized spacial score (nSPS) is 10.6. The molecule has 3 aromatic rings. The number of hydrogen-bond donors (Lipinski definition) is 1. The monoisotopic (exact) mass is 430 g/mol. The van der Waals surface area contributed by atoms with Gasteiger partial charge in [-0.2, -0.15) is 0 Å². The van der Waals surface area contributed by atoms with Crippen molar-refractivity contribution in [1.82, 2.24) is 4.90 Å². The second-order valence-electron chi connectivity index (χ2n) is 6.74. The van der Waals surface area contributed by atoms with Crippen LogP contribution in [0.25, 0.3) is 0 Å². The first-order valence-corrected chi connectivity index (χ1v) is 9.98. The zero-order valence-corrected chi connectivity index (χ0v) is 17.5. The summed E-state index contributed by atoms with van der Waals surface area (Å²) in [5.74, 6) is -0.342. The van der Waals surface area contributed by atoms with E-state index in [-0.39, 0.29) is 18.4 Å². The molecule has 3 nitrogen and oxygen atoms in total. The molecular weight excluding hydrogens is 410 g/mol. The van der Waals surface area contributed by atoms with Gasteiger partial charge in [-0.05, 0) is 48.7 Å². The summed E-state index contributed by atoms with van der Waals surface area (Å²) in [5, 5.41) is 4.02. The van der Waals surface area contributed by atoms with Gasteiger partial charge < -0.3 is 10.2 Å². The quantitative estimate of drug-likeness (QED) is 0.462. The van der Waals surface area contributed by atoms with Crippen LogP contribution in [-0.2, 0) is 13.0 Å². The number of anilines is 1. The van der Waals surface area contributed by atoms with Crippen molar-refractivity contribution in [2.45, 2.75) is 19.9 Å². The van der Waals surface area contributed by atoms with Crippen LogP contribution in [0.2, 0.25) is 10.0 Å². The Labute approximate surface area is 180 Å². The minimum atomic E-state index is -0.342. The average Bonchev–Trinajstić information content (AvgIpc) is 2.69. The molecule has 150 valence electrons. The lowest BCUT2D eigenvalue weighted by Gasteiger charge is -2.24. The summed E-state index contributed by atoms with van der Waals surface area (Å²) in [6.45, 7) is 2.44. The Morgan fingerprint density at radius 2 is 1.72 bits per heavy atom. The smallest absolute Gasteiger partial charge is 0.320 e. The molecule has 1 N–H and O–H groups in total. The van der Waals surface area contributed by atoms with E-state index < -0.39 is 0 Å². The Bertz CT molecular complexity index is 1010. The molecule has 0 heterocycles. The van der Waals surface area contributed by atoms with E-state index in [1.165, 1.54) is 6.07 Å². The topological polar surface area (TPSA) is 32.3 Å². The van der Waals surface area contributed by atoms with Crippen LogP contribution < -0.4 is 5.32 Å². The summed E-state index contributed by atoms with van der Waals surface area (Å²) < 4.78 is 14.2. The van der Waals surface area contributed by atoms with Gasteiger partial charge in [-0.1, -0.05) is 65.7 Å². The van der Waals surface area contributed by atoms with E-state index in [1.54, 1.807) is 35.2 Å². The number of benzene rings is 3. The number of carbonyl (C=O) groups is 1. The largest absolute Gasteiger partial charge is 0.322 e. The summed E-state index contributed by atoms with van der Waals surface area (Å²) in [7, 11) is 0. The van der Waals surface area contributed by atoms with E-state index in [2.05, 4.69) is 5.32 Å². The fraction of sp³-hybridized carbons (Fsp3) is 0.174. The van der Waals surface area contributed by atoms with Crippen LogP contribution in [0.1, 0.15) is 16.7 Å². The molecule has 6 heteroatoms. The summed E-state index contributed by atoms with van der Waals surface area (Å²) in [5.41, 5.74) is 3.00. The van der Waals surface area contributed by atoms with Crippen molar-refractivity contribution < 1.29 is 9.18 Å². The zero-order valence-electron chi connectivity index (χ0n) is 16.0. The molecule has 0 atom stereocenters. The van der Waals surface area contributed by atoms with Gasteiger partial charge in [0.1, 0.15) is 5.82 Å². The van der Waals surface area contributed by atoms with Gasteiger partial charge in [0, 0.05) is 27.8 Å². The SMILES string of the molecule is Cc1ccccc1NC(=O)N(CCc1ccc(Cl)cc1Cl)Cc1ccccc1F. The van der Waals surface area contributed by atoms with Crippen molar-refractivity contribution in [2.75, 3.05) is 11.9 Å². The predicted octanol–water partition coefficient (Wildman–Crippen LogP) is 6.72. The number of rotatable bonds is 6. The summed E-state index contributed by atoms with van der Waals surface area (Å²) >= 11 is 12.2. The first-order valence-electron chi connectivity index (χ1n) is 9.23. The van der Waals surface area contributed by atoms with Gasteiger partial charge in [0.15, 0.2) is 0 Å². The molecule has 0 aliphatic carbocycles. The Morgan fingerprint density at radius 1 is 1.00 bits per heavy atom. The standard InChI is InChI=1S/C23H21Cl2FN2O/c1-16-6-2-5-9-22(16)27-23(29)28(15-18-7-3-4-8-21(18)26)13-12-17-10-11-19(24)14-20(17)25/h2-11,14H,12-13,15H2,1H3,(H,27,29). The third kappa shape index (κ3) is 5.72. The highest BCUT2D eigenvalue weighted by molar-refractivity contribution is 6.35. The molecular formula is C23H21Cl2FN2O. The number of nitrogens with one attached hydrogen (secondary N) is 1. The number of hydrogen-bond acceptors (Lipinski definition) is 1. The summed E-state index contributed by atoms with van der Waals surface area (Å²) in [6.07, 6.45) is 0.519. The molecule has 2 amide bonds. The molecule has 0 radical (unpaired) electrons. The minimum absolute atomic E-state index is 0.148. The van der Waals surface area contributed by atoms with Gasteiger partial charge in [0.25, 0.3) is 0 Å². The Hall–Kier alpha value is -2.56. The van der Waals surface area contributed by atoms with Gasteiger partial charge in [-0.3, -0.25) is 0 Å². The number of aryl methyl sites for hydroxylation is 1. The van der Waals surface area contributed by atoms with E-state index in [0.717, 1.165) is 16.8 Å². The molecule has 0 aromatic heterocycles. The number of para-hydroxylation sites is 1. The Morgan fingerprint density at radius 3 is 2.45 bits per heavy atom. The van der Waals surface area contributed by atoms with E-state index in [4.69, 9.17) is 23.2 Å². The minimum Gasteiger partial charge on any atom is -0.320 e. The highest BCUT2D eigenvalue weighted by Gasteiger charge is 2.17. The molecule has 0 spiro atoms. The maximum Gasteiger partial charge on any atom is 0.322 e. The molecule has 0 saturated carbocycles. The van der Waals surface area contributed by atoms with Crippen LogP contribution in [0.4, 0.5) is 14.9 Å². The van der Waals surface area contributed by atoms with Crippen molar-refractivity contribution in [3.8, 4) is 0 Å². The number of carbonyl (C=O) groups excluding carboxylic acids is 1. The van der Waals surface area contributed by atoms with Crippen LogP contribution in [0.15, 0.2) is 66.7 Å². The van der Waals surface area contributed by atoms with E-state index in [9.17, 15) is 9.18 Å². The molecule has 0 fully saturated rings. The number of urea groups is 1. The fourth-order valence-electron chi connectivity index (χ4n) is 2.97. The molecule has 0 unspecified atom stereocenters. The molecule has 0 bridgehead atoms. The fourth-order valence-corrected chi connectivity index (χ4v) is 3.47. The first-order chi connectivity index (χ1) is 13.9. The van der Waals surface area contributed by atoms with Crippen LogP contribution in [-0.4, -0.2) is 17.5 Å². The third-order valence-electron chi connectivity index (χ3n) is 4.66. The summed E-state index contributed by atoms with van der Waals surface area (Å²) in [4.78, 5) is 14.6. The van der Waals surface area contributed by atoms with Crippen LogP contribution >= 0.6 is 23.2 Å². The molecule has 3 rings (SSSR count). The maximum absolute atomic E-state index is 14.2. The Balaban J connectivity index is 1.79. The maximum atomic E-state index is 14.2. The lowest BCUT2D eigenvalue weighted by Crippen LogP contribution is -2.36. The molecule has 0 aliphatic rings. The van der Waals surface area contributed by atoms with E-state index in [1.807, 2.05) is 37.3 Å². The molecule has 3 aromatic carbocycles. The lowest BCUT2D eigenvalue weighted by atomic mass is 10.1. The third-order valence-corrected chi connectivity index (χ3v) is 5.25. The molecule has 0 aliphatic heterocycles. The van der Waals surface area contributed by atoms with Crippen molar-refractivity contribution in [2.24, 2.45) is 0 Å². The highest BCUT2D eigenvalue weighted by Crippen LogP contribution is 2.22. The average molecular weight is 431 g/mol. The molecule has 29 heavy (non-hydrogen) atoms. The lowest BCUT2D eigenvalue weighted by molar-refractivity contribution is 0.209. The van der Waals surface area contributed by atoms with E-state index >= 15 is 0 Å². The van der Waals surface area contributed by atoms with Crippen LogP contribution in [0, 0.1) is 12.7 Å². The number of amides is 2. The van der Waals surface area contributed by atoms with E-state index in [0.29, 0.717) is 28.6 Å². The number of nitrogens with zero attached hydrogens (tertiary/aromatic N) is 1. The van der Waals surface area contributed by atoms with Gasteiger partial charge >= 0.3 is 6.03 Å². The van der Waals surface area contributed by atoms with Gasteiger partial charge in [0.2, 0.25) is 0 Å². The van der Waals surface area contributed by atoms with Gasteiger partial charge in [-0.15, -0.1) is 0 Å². The van der Waals surface area contributed by atoms with Crippen LogP contribution in [0.3, 0.4) is 0 Å². The van der Waals surface area contributed by atoms with Gasteiger partial charge in [0.05, 0.1) is 6.54 Å². The predicted molar refractivity (Wildman–Crippen MR) is 117 cm³/mol. The second-order valence-corrected chi connectivity index (χ2v) is 7.59. The van der Waals surface area contributed by atoms with Gasteiger partial charge in [-0.25, -0.2) is 9.18 Å². The van der Waals surface area contributed by atoms with Crippen molar-refractivity contribution in [1.29, 1.82) is 0 Å². The molecule has 0 saturated heterocycles. The zero-order chi connectivity index (χ0) is 20.8. The summed E-state index contributed by atoms with van der Waals surface area (Å²) in [6, 6.07) is 19.0. The highest BCUT2D eigenvalue weighted by atomic mass is 35.5. The Kier molecular flexibility index (Phi) is 7.13. The number of halogens is 3. The van der Waals surface area contributed by atoms with Crippen molar-refractivity contribution in [3.63, 3.8) is 0 Å². The van der Waals surface area contributed by atoms with Crippen LogP contribution in [0.5, 0.6) is 0 Å².